The molecule has 1 unspecified atom stereocenters. The van der Waals surface area contributed by atoms with Crippen molar-refractivity contribution in [3.8, 4) is 0 Å². The summed E-state index contributed by atoms with van der Waals surface area (Å²) in [7, 11) is 4.04. The number of anilines is 2. The second-order valence-corrected chi connectivity index (χ2v) is 11.7. The van der Waals surface area contributed by atoms with E-state index in [4.69, 9.17) is 4.74 Å². The number of ether oxygens (including phenoxy) is 1. The highest BCUT2D eigenvalue weighted by atomic mass is 32.2. The van der Waals surface area contributed by atoms with Crippen molar-refractivity contribution in [1.82, 2.24) is 4.90 Å². The highest BCUT2D eigenvalue weighted by molar-refractivity contribution is 8.00. The van der Waals surface area contributed by atoms with E-state index in [1.165, 1.54) is 58.8 Å². The Morgan fingerprint density at radius 1 is 1.14 bits per heavy atom. The van der Waals surface area contributed by atoms with Gasteiger partial charge < -0.3 is 14.4 Å². The molecular formula is C31H49N3OS2. The maximum Gasteiger partial charge on any atom is 0.0594 e. The molecule has 206 valence electrons. The molecule has 1 fully saturated rings. The van der Waals surface area contributed by atoms with Crippen molar-refractivity contribution in [1.29, 1.82) is 0 Å². The summed E-state index contributed by atoms with van der Waals surface area (Å²) >= 11 is 3.68. The van der Waals surface area contributed by atoms with Crippen molar-refractivity contribution in [3.63, 3.8) is 0 Å². The van der Waals surface area contributed by atoms with Crippen LogP contribution < -0.4 is 9.62 Å². The minimum Gasteiger partial charge on any atom is -0.388 e. The fraction of sp³-hybridized carbons (Fsp3) is 0.548. The zero-order valence-electron chi connectivity index (χ0n) is 23.8. The maximum absolute atomic E-state index is 5.38. The van der Waals surface area contributed by atoms with Crippen molar-refractivity contribution in [2.75, 3.05) is 68.6 Å². The van der Waals surface area contributed by atoms with Crippen molar-refractivity contribution >= 4 is 41.2 Å². The Labute approximate surface area is 235 Å². The first-order chi connectivity index (χ1) is 18.0. The lowest BCUT2D eigenvalue weighted by Gasteiger charge is -2.26. The Kier molecular flexibility index (Phi) is 15.9. The van der Waals surface area contributed by atoms with Gasteiger partial charge in [0.2, 0.25) is 0 Å². The van der Waals surface area contributed by atoms with Crippen molar-refractivity contribution < 1.29 is 4.74 Å². The Balaban J connectivity index is 0.000000264. The van der Waals surface area contributed by atoms with Crippen LogP contribution in [0.25, 0.3) is 6.08 Å². The number of benzene rings is 2. The SMILES string of the molecule is C=Cc1cc(CCN2CCOCC2)ccc1N(C)SC.CCC(C)CCCCSc1ccc(NC)cc1. The van der Waals surface area contributed by atoms with Gasteiger partial charge in [-0.3, -0.25) is 4.90 Å². The smallest absolute Gasteiger partial charge is 0.0594 e. The summed E-state index contributed by atoms with van der Waals surface area (Å²) in [5.41, 5.74) is 5.00. The Morgan fingerprint density at radius 2 is 1.86 bits per heavy atom. The number of thioether (sulfide) groups is 1. The third-order valence-electron chi connectivity index (χ3n) is 6.95. The van der Waals surface area contributed by atoms with Gasteiger partial charge in [-0.2, -0.15) is 0 Å². The first kappa shape index (κ1) is 31.6. The summed E-state index contributed by atoms with van der Waals surface area (Å²) in [5, 5.41) is 3.14. The van der Waals surface area contributed by atoms with Gasteiger partial charge >= 0.3 is 0 Å². The van der Waals surface area contributed by atoms with Gasteiger partial charge in [-0.1, -0.05) is 63.8 Å². The Morgan fingerprint density at radius 3 is 2.49 bits per heavy atom. The minimum atomic E-state index is 0.870. The van der Waals surface area contributed by atoms with E-state index in [1.807, 2.05) is 24.9 Å². The Bertz CT molecular complexity index is 885. The van der Waals surface area contributed by atoms with Crippen LogP contribution in [0.15, 0.2) is 53.9 Å². The second kappa shape index (κ2) is 18.6. The lowest BCUT2D eigenvalue weighted by Crippen LogP contribution is -2.37. The summed E-state index contributed by atoms with van der Waals surface area (Å²) in [6.07, 6.45) is 10.5. The molecule has 1 saturated heterocycles. The number of nitrogens with one attached hydrogen (secondary N) is 1. The number of rotatable bonds is 14. The molecule has 37 heavy (non-hydrogen) atoms. The van der Waals surface area contributed by atoms with E-state index in [0.29, 0.717) is 0 Å². The van der Waals surface area contributed by atoms with E-state index >= 15 is 0 Å². The zero-order valence-corrected chi connectivity index (χ0v) is 25.4. The summed E-state index contributed by atoms with van der Waals surface area (Å²) < 4.78 is 7.55. The maximum atomic E-state index is 5.38. The number of nitrogens with zero attached hydrogens (tertiary/aromatic N) is 2. The molecule has 3 rings (SSSR count). The molecule has 0 saturated carbocycles. The van der Waals surface area contributed by atoms with Crippen molar-refractivity contribution in [2.24, 2.45) is 5.92 Å². The summed E-state index contributed by atoms with van der Waals surface area (Å²) in [4.78, 5) is 3.85. The van der Waals surface area contributed by atoms with Crippen LogP contribution in [0.5, 0.6) is 0 Å². The average Bonchev–Trinajstić information content (AvgIpc) is 2.96. The van der Waals surface area contributed by atoms with Crippen LogP contribution in [-0.4, -0.2) is 63.9 Å². The summed E-state index contributed by atoms with van der Waals surface area (Å²) in [5.74, 6) is 2.14. The van der Waals surface area contributed by atoms with E-state index in [-0.39, 0.29) is 0 Å². The van der Waals surface area contributed by atoms with Crippen LogP contribution in [-0.2, 0) is 11.2 Å². The first-order valence-electron chi connectivity index (χ1n) is 13.7. The van der Waals surface area contributed by atoms with Crippen molar-refractivity contribution in [3.05, 3.63) is 60.2 Å². The average molecular weight is 544 g/mol. The molecule has 1 atom stereocenters. The molecule has 1 aliphatic heterocycles. The van der Waals surface area contributed by atoms with Crippen LogP contribution in [0.4, 0.5) is 11.4 Å². The molecule has 2 aromatic rings. The molecule has 2 aromatic carbocycles. The van der Waals surface area contributed by atoms with Gasteiger partial charge in [-0.25, -0.2) is 0 Å². The molecule has 4 nitrogen and oxygen atoms in total. The van der Waals surface area contributed by atoms with Gasteiger partial charge in [0.1, 0.15) is 0 Å². The quantitative estimate of drug-likeness (QED) is 0.148. The summed E-state index contributed by atoms with van der Waals surface area (Å²) in [6.45, 7) is 13.5. The lowest BCUT2D eigenvalue weighted by molar-refractivity contribution is 0.0384. The van der Waals surface area contributed by atoms with Crippen LogP contribution in [0.3, 0.4) is 0 Å². The van der Waals surface area contributed by atoms with Crippen LogP contribution in [0, 0.1) is 5.92 Å². The van der Waals surface area contributed by atoms with E-state index < -0.39 is 0 Å². The lowest BCUT2D eigenvalue weighted by atomic mass is 10.0. The molecule has 0 spiro atoms. The normalized spacial score (nSPS) is 14.4. The Hall–Kier alpha value is -1.60. The summed E-state index contributed by atoms with van der Waals surface area (Å²) in [6, 6.07) is 15.4. The molecule has 0 aliphatic carbocycles. The van der Waals surface area contributed by atoms with Gasteiger partial charge in [-0.05, 0) is 72.0 Å². The monoisotopic (exact) mass is 543 g/mol. The number of hydrogen-bond donors (Lipinski definition) is 1. The number of unbranched alkanes of at least 4 members (excludes halogenated alkanes) is 1. The van der Waals surface area contributed by atoms with Gasteiger partial charge in [0, 0.05) is 50.6 Å². The molecule has 6 heteroatoms. The second-order valence-electron chi connectivity index (χ2n) is 9.61. The van der Waals surface area contributed by atoms with Crippen molar-refractivity contribution in [2.45, 2.75) is 50.8 Å². The van der Waals surface area contributed by atoms with Crippen LogP contribution in [0.2, 0.25) is 0 Å². The van der Waals surface area contributed by atoms with Crippen LogP contribution >= 0.6 is 23.7 Å². The fourth-order valence-electron chi connectivity index (χ4n) is 4.13. The van der Waals surface area contributed by atoms with Gasteiger partial charge in [0.25, 0.3) is 0 Å². The molecule has 1 N–H and O–H groups in total. The van der Waals surface area contributed by atoms with Gasteiger partial charge in [0.15, 0.2) is 0 Å². The minimum absolute atomic E-state index is 0.870. The molecule has 0 amide bonds. The molecule has 1 heterocycles. The predicted octanol–water partition coefficient (Wildman–Crippen LogP) is 7.96. The fourth-order valence-corrected chi connectivity index (χ4v) is 5.40. The van der Waals surface area contributed by atoms with Gasteiger partial charge in [0.05, 0.1) is 18.9 Å². The molecule has 0 aromatic heterocycles. The van der Waals surface area contributed by atoms with E-state index in [2.05, 4.69) is 90.7 Å². The standard InChI is InChI=1S/C16H24N2OS.C15H25NS/c1-4-15-13-14(5-6-16(15)17(2)20-3)7-8-18-9-11-19-12-10-18;1-4-13(2)7-5-6-12-17-15-10-8-14(16-3)9-11-15/h4-6,13H,1,7-12H2,2-3H3;8-11,13,16H,4-7,12H2,1-3H3. The topological polar surface area (TPSA) is 27.7 Å². The largest absolute Gasteiger partial charge is 0.388 e. The molecule has 1 aliphatic rings. The number of morpholine rings is 1. The highest BCUT2D eigenvalue weighted by Gasteiger charge is 2.11. The van der Waals surface area contributed by atoms with Crippen LogP contribution in [0.1, 0.15) is 50.7 Å². The van der Waals surface area contributed by atoms with Gasteiger partial charge in [-0.15, -0.1) is 11.8 Å². The zero-order chi connectivity index (χ0) is 26.9. The molecular weight excluding hydrogens is 494 g/mol. The third-order valence-corrected chi connectivity index (χ3v) is 8.79. The van der Waals surface area contributed by atoms with E-state index in [1.54, 1.807) is 11.9 Å². The molecule has 0 radical (unpaired) electrons. The van der Waals surface area contributed by atoms with E-state index in [9.17, 15) is 0 Å². The third kappa shape index (κ3) is 12.2. The number of hydrogen-bond acceptors (Lipinski definition) is 6. The molecule has 0 bridgehead atoms. The highest BCUT2D eigenvalue weighted by Crippen LogP contribution is 2.26. The van der Waals surface area contributed by atoms with E-state index in [0.717, 1.165) is 45.2 Å². The first-order valence-corrected chi connectivity index (χ1v) is 15.9. The predicted molar refractivity (Wildman–Crippen MR) is 169 cm³/mol.